The van der Waals surface area contributed by atoms with Gasteiger partial charge in [0.2, 0.25) is 0 Å². The average Bonchev–Trinajstić information content (AvgIpc) is 2.68. The van der Waals surface area contributed by atoms with Gasteiger partial charge in [0, 0.05) is 19.9 Å². The van der Waals surface area contributed by atoms with E-state index in [2.05, 4.69) is 11.1 Å². The number of rotatable bonds is 3. The maximum Gasteiger partial charge on any atom is 0.0708 e. The topological polar surface area (TPSA) is 12.9 Å². The van der Waals surface area contributed by atoms with Crippen molar-refractivity contribution in [1.29, 1.82) is 0 Å². The van der Waals surface area contributed by atoms with Crippen molar-refractivity contribution in [3.63, 3.8) is 0 Å². The molecule has 0 fully saturated rings. The van der Waals surface area contributed by atoms with E-state index in [1.807, 2.05) is 85.1 Å². The molecule has 0 spiro atoms. The molecule has 0 amide bonds. The van der Waals surface area contributed by atoms with Gasteiger partial charge in [-0.2, -0.15) is 0 Å². The maximum atomic E-state index is 8.54. The van der Waals surface area contributed by atoms with E-state index in [1.165, 1.54) is 0 Å². The molecule has 1 nitrogen and oxygen atoms in total. The van der Waals surface area contributed by atoms with E-state index in [9.17, 15) is 0 Å². The lowest BCUT2D eigenvalue weighted by atomic mass is 10.0. The normalized spacial score (nSPS) is 12.7. The lowest BCUT2D eigenvalue weighted by molar-refractivity contribution is 1.19. The van der Waals surface area contributed by atoms with E-state index in [4.69, 9.17) is 2.74 Å². The highest BCUT2D eigenvalue weighted by atomic mass is 14.7. The molecule has 110 valence electrons. The zero-order valence-corrected chi connectivity index (χ0v) is 12.6. The molecule has 1 heteroatoms. The Hall–Kier alpha value is -2.93. The molecule has 3 aromatic carbocycles. The summed E-state index contributed by atoms with van der Waals surface area (Å²) in [4.78, 5) is 4.55. The number of hydrogen-bond acceptors (Lipinski definition) is 1. The first-order chi connectivity index (χ1) is 12.1. The van der Waals surface area contributed by atoms with Crippen molar-refractivity contribution in [3.05, 3.63) is 102 Å². The van der Waals surface area contributed by atoms with Gasteiger partial charge in [0.15, 0.2) is 0 Å². The third kappa shape index (κ3) is 3.00. The number of aromatic nitrogens is 1. The molecule has 1 aromatic heterocycles. The number of pyridine rings is 1. The summed E-state index contributed by atoms with van der Waals surface area (Å²) in [5, 5.41) is 2.23. The summed E-state index contributed by atoms with van der Waals surface area (Å²) in [6.07, 6.45) is 0.317. The van der Waals surface area contributed by atoms with Gasteiger partial charge in [-0.15, -0.1) is 0 Å². The fourth-order valence-corrected chi connectivity index (χ4v) is 2.69. The number of benzene rings is 3. The summed E-state index contributed by atoms with van der Waals surface area (Å²) in [7, 11) is 0. The molecule has 0 radical (unpaired) electrons. The monoisotopic (exact) mass is 297 g/mol. The first-order valence-electron chi connectivity index (χ1n) is 8.66. The molecular formula is C22H17N. The molecular weight excluding hydrogens is 278 g/mol. The van der Waals surface area contributed by atoms with Gasteiger partial charge in [0.05, 0.1) is 5.69 Å². The molecule has 0 aliphatic heterocycles. The highest BCUT2D eigenvalue weighted by Crippen LogP contribution is 2.23. The molecule has 0 aliphatic carbocycles. The van der Waals surface area contributed by atoms with Crippen LogP contribution in [0.15, 0.2) is 91.1 Å². The first-order valence-corrected chi connectivity index (χ1v) is 7.66. The highest BCUT2D eigenvalue weighted by Gasteiger charge is 2.03. The third-order valence-corrected chi connectivity index (χ3v) is 3.85. The lowest BCUT2D eigenvalue weighted by Crippen LogP contribution is -1.90. The largest absolute Gasteiger partial charge is 0.256 e. The Morgan fingerprint density at radius 1 is 0.696 bits per heavy atom. The number of hydrogen-bond donors (Lipinski definition) is 0. The van der Waals surface area contributed by atoms with Crippen LogP contribution in [-0.4, -0.2) is 4.98 Å². The minimum absolute atomic E-state index is 0.631. The fraction of sp³-hybridized carbons (Fsp3) is 0.0455. The van der Waals surface area contributed by atoms with Crippen molar-refractivity contribution in [3.8, 4) is 11.3 Å². The Kier molecular flexibility index (Phi) is 3.06. The van der Waals surface area contributed by atoms with Crippen LogP contribution in [0.5, 0.6) is 0 Å². The van der Waals surface area contributed by atoms with Gasteiger partial charge in [0.25, 0.3) is 0 Å². The molecule has 1 heterocycles. The predicted molar refractivity (Wildman–Crippen MR) is 96.4 cm³/mol. The summed E-state index contributed by atoms with van der Waals surface area (Å²) in [5.74, 6) is 0. The van der Waals surface area contributed by atoms with Crippen molar-refractivity contribution >= 4 is 10.8 Å². The molecule has 0 unspecified atom stereocenters. The molecule has 4 rings (SSSR count). The standard InChI is InChI=1S/C22H17N/c1-2-7-17(8-3-1)13-18-9-6-12-20(14-18)22-15-19-10-4-5-11-21(19)16-23-22/h1-12,14-16H,13H2/i13D2. The molecule has 0 aliphatic rings. The zero-order valence-electron chi connectivity index (χ0n) is 14.6. The van der Waals surface area contributed by atoms with Gasteiger partial charge >= 0.3 is 0 Å². The molecule has 0 atom stereocenters. The average molecular weight is 297 g/mol. The van der Waals surface area contributed by atoms with E-state index in [1.54, 1.807) is 0 Å². The molecule has 0 saturated carbocycles. The summed E-state index contributed by atoms with van der Waals surface area (Å²) < 4.78 is 17.1. The van der Waals surface area contributed by atoms with Crippen LogP contribution >= 0.6 is 0 Å². The maximum absolute atomic E-state index is 8.54. The molecule has 23 heavy (non-hydrogen) atoms. The smallest absolute Gasteiger partial charge is 0.0708 e. The SMILES string of the molecule is [2H]C([2H])(c1ccccc1)c1cccc(-c2cc3ccccc3cn2)c1. The highest BCUT2D eigenvalue weighted by molar-refractivity contribution is 5.85. The van der Waals surface area contributed by atoms with Crippen molar-refractivity contribution < 1.29 is 2.74 Å². The van der Waals surface area contributed by atoms with Gasteiger partial charge in [0.1, 0.15) is 0 Å². The van der Waals surface area contributed by atoms with E-state index in [0.717, 1.165) is 22.0 Å². The van der Waals surface area contributed by atoms with Crippen molar-refractivity contribution in [2.75, 3.05) is 0 Å². The zero-order chi connectivity index (χ0) is 17.3. The molecule has 0 N–H and O–H groups in total. The van der Waals surface area contributed by atoms with Crippen LogP contribution in [0.4, 0.5) is 0 Å². The molecule has 0 bridgehead atoms. The second kappa shape index (κ2) is 6.05. The quantitative estimate of drug-likeness (QED) is 0.487. The van der Waals surface area contributed by atoms with Crippen LogP contribution in [0.1, 0.15) is 13.9 Å². The van der Waals surface area contributed by atoms with Crippen molar-refractivity contribution in [2.24, 2.45) is 0 Å². The summed E-state index contributed by atoms with van der Waals surface area (Å²) in [5.41, 5.74) is 3.05. The van der Waals surface area contributed by atoms with E-state index < -0.39 is 6.37 Å². The number of nitrogens with zero attached hydrogens (tertiary/aromatic N) is 1. The minimum Gasteiger partial charge on any atom is -0.256 e. The Morgan fingerprint density at radius 2 is 1.43 bits per heavy atom. The second-order valence-corrected chi connectivity index (χ2v) is 5.49. The van der Waals surface area contributed by atoms with Crippen LogP contribution in [-0.2, 0) is 6.37 Å². The Labute approximate surface area is 139 Å². The van der Waals surface area contributed by atoms with Gasteiger partial charge < -0.3 is 0 Å². The van der Waals surface area contributed by atoms with E-state index in [-0.39, 0.29) is 0 Å². The van der Waals surface area contributed by atoms with Crippen molar-refractivity contribution in [2.45, 2.75) is 6.37 Å². The molecule has 4 aromatic rings. The van der Waals surface area contributed by atoms with Crippen LogP contribution in [0, 0.1) is 0 Å². The summed E-state index contributed by atoms with van der Waals surface area (Å²) in [6, 6.07) is 27.0. The first kappa shape index (κ1) is 11.6. The van der Waals surface area contributed by atoms with Gasteiger partial charge in [-0.25, -0.2) is 0 Å². The Bertz CT molecular complexity index is 1030. The Balaban J connectivity index is 1.78. The minimum atomic E-state index is -1.55. The van der Waals surface area contributed by atoms with Crippen molar-refractivity contribution in [1.82, 2.24) is 4.98 Å². The van der Waals surface area contributed by atoms with Crippen LogP contribution in [0.3, 0.4) is 0 Å². The third-order valence-electron chi connectivity index (χ3n) is 3.85. The summed E-state index contributed by atoms with van der Waals surface area (Å²) in [6.45, 7) is 0. The van der Waals surface area contributed by atoms with Crippen LogP contribution < -0.4 is 0 Å². The fourth-order valence-electron chi connectivity index (χ4n) is 2.69. The van der Waals surface area contributed by atoms with Crippen LogP contribution in [0.2, 0.25) is 0 Å². The lowest BCUT2D eigenvalue weighted by Gasteiger charge is -2.07. The van der Waals surface area contributed by atoms with Gasteiger partial charge in [-0.3, -0.25) is 4.98 Å². The Morgan fingerprint density at radius 3 is 2.30 bits per heavy atom. The van der Waals surface area contributed by atoms with E-state index in [0.29, 0.717) is 11.1 Å². The summed E-state index contributed by atoms with van der Waals surface area (Å²) >= 11 is 0. The van der Waals surface area contributed by atoms with Gasteiger partial charge in [-0.1, -0.05) is 72.8 Å². The predicted octanol–water partition coefficient (Wildman–Crippen LogP) is 5.49. The van der Waals surface area contributed by atoms with Crippen LogP contribution in [0.25, 0.3) is 22.0 Å². The van der Waals surface area contributed by atoms with E-state index >= 15 is 0 Å². The second-order valence-electron chi connectivity index (χ2n) is 5.49. The van der Waals surface area contributed by atoms with Gasteiger partial charge in [-0.05, 0) is 35.0 Å². The molecule has 0 saturated heterocycles. The number of fused-ring (bicyclic) bond motifs is 1.